The predicted octanol–water partition coefficient (Wildman–Crippen LogP) is 1.74. The number of hydrogen-bond acceptors (Lipinski definition) is 5. The summed E-state index contributed by atoms with van der Waals surface area (Å²) in [5.74, 6) is 0.748. The molecule has 2 N–H and O–H groups in total. The van der Waals surface area contributed by atoms with Gasteiger partial charge in [0, 0.05) is 23.7 Å². The van der Waals surface area contributed by atoms with E-state index in [-0.39, 0.29) is 0 Å². The number of hydrogen-bond donors (Lipinski definition) is 1. The van der Waals surface area contributed by atoms with Gasteiger partial charge in [-0.15, -0.1) is 11.3 Å². The molecule has 15 heavy (non-hydrogen) atoms. The highest BCUT2D eigenvalue weighted by molar-refractivity contribution is 7.09. The monoisotopic (exact) mass is 221 g/mol. The van der Waals surface area contributed by atoms with Gasteiger partial charge in [-0.05, 0) is 11.4 Å². The van der Waals surface area contributed by atoms with Crippen LogP contribution in [0.2, 0.25) is 0 Å². The fourth-order valence-electron chi connectivity index (χ4n) is 1.15. The maximum Gasteiger partial charge on any atom is 0.257 e. The fourth-order valence-corrected chi connectivity index (χ4v) is 1.84. The molecule has 2 rings (SSSR count). The molecule has 0 amide bonds. The Kier molecular flexibility index (Phi) is 3.14. The fraction of sp³-hybridized carbons (Fsp3) is 0.200. The Morgan fingerprint density at radius 2 is 2.20 bits per heavy atom. The van der Waals surface area contributed by atoms with E-state index in [4.69, 9.17) is 10.5 Å². The molecule has 2 aromatic rings. The maximum absolute atomic E-state index is 5.58. The molecule has 5 heteroatoms. The van der Waals surface area contributed by atoms with E-state index in [1.54, 1.807) is 23.7 Å². The molecular weight excluding hydrogens is 210 g/mol. The van der Waals surface area contributed by atoms with Gasteiger partial charge in [0.2, 0.25) is 0 Å². The van der Waals surface area contributed by atoms with Gasteiger partial charge in [-0.2, -0.15) is 0 Å². The first kappa shape index (κ1) is 9.92. The minimum absolute atomic E-state index is 0.337. The Hall–Kier alpha value is -1.62. The van der Waals surface area contributed by atoms with Gasteiger partial charge >= 0.3 is 0 Å². The zero-order valence-corrected chi connectivity index (χ0v) is 8.91. The molecule has 0 spiro atoms. The number of rotatable bonds is 4. The molecule has 4 nitrogen and oxygen atoms in total. The second-order valence-electron chi connectivity index (χ2n) is 2.92. The minimum atomic E-state index is 0.337. The van der Waals surface area contributed by atoms with Crippen molar-refractivity contribution < 1.29 is 4.74 Å². The minimum Gasteiger partial charge on any atom is -0.475 e. The molecular formula is C10H11N3OS. The molecule has 0 bridgehead atoms. The van der Waals surface area contributed by atoms with E-state index in [0.717, 1.165) is 6.42 Å². The molecule has 0 unspecified atom stereocenters. The molecule has 0 aliphatic heterocycles. The average molecular weight is 221 g/mol. The molecule has 0 radical (unpaired) electrons. The van der Waals surface area contributed by atoms with E-state index in [2.05, 4.69) is 16.0 Å². The van der Waals surface area contributed by atoms with Crippen molar-refractivity contribution in [3.05, 3.63) is 34.8 Å². The first-order valence-electron chi connectivity index (χ1n) is 4.58. The van der Waals surface area contributed by atoms with Crippen molar-refractivity contribution in [1.29, 1.82) is 0 Å². The van der Waals surface area contributed by atoms with Crippen molar-refractivity contribution in [1.82, 2.24) is 9.97 Å². The van der Waals surface area contributed by atoms with Gasteiger partial charge in [0.25, 0.3) is 5.88 Å². The summed E-state index contributed by atoms with van der Waals surface area (Å²) in [5, 5.41) is 2.05. The van der Waals surface area contributed by atoms with Gasteiger partial charge < -0.3 is 10.5 Å². The van der Waals surface area contributed by atoms with Crippen molar-refractivity contribution in [3.63, 3.8) is 0 Å². The van der Waals surface area contributed by atoms with Crippen LogP contribution >= 0.6 is 11.3 Å². The van der Waals surface area contributed by atoms with Crippen LogP contribution in [0.4, 0.5) is 5.82 Å². The molecule has 0 saturated heterocycles. The van der Waals surface area contributed by atoms with E-state index < -0.39 is 0 Å². The number of anilines is 1. The van der Waals surface area contributed by atoms with Gasteiger partial charge in [0.1, 0.15) is 0 Å². The molecule has 0 aromatic carbocycles. The first-order valence-corrected chi connectivity index (χ1v) is 5.46. The highest BCUT2D eigenvalue weighted by Crippen LogP contribution is 2.14. The van der Waals surface area contributed by atoms with Crippen molar-refractivity contribution in [3.8, 4) is 5.88 Å². The Balaban J connectivity index is 1.86. The lowest BCUT2D eigenvalue weighted by Crippen LogP contribution is -2.05. The Morgan fingerprint density at radius 3 is 2.93 bits per heavy atom. The van der Waals surface area contributed by atoms with Crippen LogP contribution in [-0.4, -0.2) is 16.6 Å². The summed E-state index contributed by atoms with van der Waals surface area (Å²) in [7, 11) is 0. The molecule has 0 aliphatic rings. The molecule has 0 aliphatic carbocycles. The van der Waals surface area contributed by atoms with E-state index in [1.165, 1.54) is 4.88 Å². The highest BCUT2D eigenvalue weighted by atomic mass is 32.1. The zero-order valence-electron chi connectivity index (χ0n) is 8.09. The van der Waals surface area contributed by atoms with Crippen LogP contribution in [0.15, 0.2) is 29.9 Å². The Bertz CT molecular complexity index is 416. The average Bonchev–Trinajstić information content (AvgIpc) is 2.74. The summed E-state index contributed by atoms with van der Waals surface area (Å²) in [6, 6.07) is 4.10. The number of nitrogens with two attached hydrogens (primary N) is 1. The predicted molar refractivity (Wildman–Crippen MR) is 60.0 cm³/mol. The lowest BCUT2D eigenvalue weighted by atomic mass is 10.4. The van der Waals surface area contributed by atoms with Crippen LogP contribution in [0, 0.1) is 0 Å². The zero-order chi connectivity index (χ0) is 10.5. The second-order valence-corrected chi connectivity index (χ2v) is 3.96. The second kappa shape index (κ2) is 4.75. The third kappa shape index (κ3) is 2.66. The number of nitrogens with zero attached hydrogens (tertiary/aromatic N) is 2. The third-order valence-corrected chi connectivity index (χ3v) is 2.79. The van der Waals surface area contributed by atoms with E-state index >= 15 is 0 Å². The lowest BCUT2D eigenvalue weighted by Gasteiger charge is -2.04. The summed E-state index contributed by atoms with van der Waals surface area (Å²) in [5.41, 5.74) is 5.58. The molecule has 0 saturated carbocycles. The van der Waals surface area contributed by atoms with Gasteiger partial charge in [-0.1, -0.05) is 6.07 Å². The van der Waals surface area contributed by atoms with Crippen LogP contribution in [0.5, 0.6) is 5.88 Å². The molecule has 2 aromatic heterocycles. The number of ether oxygens (including phenoxy) is 1. The standard InChI is InChI=1S/C10H11N3OS/c11-9-10(13-5-4-12-9)14-6-3-8-2-1-7-15-8/h1-2,4-5,7H,3,6H2,(H2,11,12). The van der Waals surface area contributed by atoms with Crippen molar-refractivity contribution in [2.24, 2.45) is 0 Å². The Morgan fingerprint density at radius 1 is 1.33 bits per heavy atom. The SMILES string of the molecule is Nc1nccnc1OCCc1cccs1. The summed E-state index contributed by atoms with van der Waals surface area (Å²) < 4.78 is 5.42. The first-order chi connectivity index (χ1) is 7.36. The number of aromatic nitrogens is 2. The number of thiophene rings is 1. The molecule has 0 atom stereocenters. The maximum atomic E-state index is 5.58. The summed E-state index contributed by atoms with van der Waals surface area (Å²) in [6.07, 6.45) is 3.98. The summed E-state index contributed by atoms with van der Waals surface area (Å²) >= 11 is 1.71. The van der Waals surface area contributed by atoms with Crippen LogP contribution in [0.25, 0.3) is 0 Å². The van der Waals surface area contributed by atoms with Crippen molar-refractivity contribution >= 4 is 17.2 Å². The highest BCUT2D eigenvalue weighted by Gasteiger charge is 2.01. The van der Waals surface area contributed by atoms with Gasteiger partial charge in [0.05, 0.1) is 6.61 Å². The van der Waals surface area contributed by atoms with E-state index in [9.17, 15) is 0 Å². The largest absolute Gasteiger partial charge is 0.475 e. The topological polar surface area (TPSA) is 61.0 Å². The third-order valence-electron chi connectivity index (χ3n) is 1.86. The van der Waals surface area contributed by atoms with Crippen molar-refractivity contribution in [2.75, 3.05) is 12.3 Å². The van der Waals surface area contributed by atoms with Crippen LogP contribution in [-0.2, 0) is 6.42 Å². The molecule has 78 valence electrons. The van der Waals surface area contributed by atoms with Gasteiger partial charge in [-0.25, -0.2) is 9.97 Å². The van der Waals surface area contributed by atoms with Crippen molar-refractivity contribution in [2.45, 2.75) is 6.42 Å². The van der Waals surface area contributed by atoms with Crippen LogP contribution in [0.3, 0.4) is 0 Å². The molecule has 0 fully saturated rings. The van der Waals surface area contributed by atoms with Crippen LogP contribution in [0.1, 0.15) is 4.88 Å². The molecule has 2 heterocycles. The van der Waals surface area contributed by atoms with Gasteiger partial charge in [0.15, 0.2) is 5.82 Å². The summed E-state index contributed by atoms with van der Waals surface area (Å²) in [4.78, 5) is 9.17. The van der Waals surface area contributed by atoms with Crippen LogP contribution < -0.4 is 10.5 Å². The quantitative estimate of drug-likeness (QED) is 0.854. The smallest absolute Gasteiger partial charge is 0.257 e. The lowest BCUT2D eigenvalue weighted by molar-refractivity contribution is 0.311. The number of nitrogen functional groups attached to an aromatic ring is 1. The van der Waals surface area contributed by atoms with Gasteiger partial charge in [-0.3, -0.25) is 0 Å². The van der Waals surface area contributed by atoms with E-state index in [1.807, 2.05) is 11.4 Å². The normalized spacial score (nSPS) is 10.1. The Labute approximate surface area is 91.8 Å². The summed E-state index contributed by atoms with van der Waals surface area (Å²) in [6.45, 7) is 0.573. The van der Waals surface area contributed by atoms with E-state index in [0.29, 0.717) is 18.3 Å².